The summed E-state index contributed by atoms with van der Waals surface area (Å²) in [5.74, 6) is -0.0782. The zero-order valence-electron chi connectivity index (χ0n) is 9.66. The van der Waals surface area contributed by atoms with Gasteiger partial charge >= 0.3 is 5.97 Å². The molecule has 0 unspecified atom stereocenters. The first-order valence-electron chi connectivity index (χ1n) is 5.66. The van der Waals surface area contributed by atoms with E-state index < -0.39 is 5.97 Å². The molecule has 16 heavy (non-hydrogen) atoms. The lowest BCUT2D eigenvalue weighted by Gasteiger charge is -2.34. The molecule has 0 spiro atoms. The quantitative estimate of drug-likeness (QED) is 0.821. The van der Waals surface area contributed by atoms with Crippen molar-refractivity contribution in [3.8, 4) is 0 Å². The number of aryl methyl sites for hydroxylation is 1. The Kier molecular flexibility index (Phi) is 2.86. The molecule has 3 nitrogen and oxygen atoms in total. The van der Waals surface area contributed by atoms with Gasteiger partial charge in [-0.1, -0.05) is 13.0 Å². The smallest absolute Gasteiger partial charge is 0.335 e. The van der Waals surface area contributed by atoms with E-state index in [0.717, 1.165) is 17.2 Å². The molecule has 0 bridgehead atoms. The summed E-state index contributed by atoms with van der Waals surface area (Å²) in [6, 6.07) is 5.73. The molecule has 0 heterocycles. The fourth-order valence-electron chi connectivity index (χ4n) is 2.15. The number of benzene rings is 1. The average molecular weight is 219 g/mol. The van der Waals surface area contributed by atoms with Crippen molar-refractivity contribution in [1.29, 1.82) is 0 Å². The van der Waals surface area contributed by atoms with Crippen LogP contribution in [0.3, 0.4) is 0 Å². The third-order valence-corrected chi connectivity index (χ3v) is 3.22. The minimum Gasteiger partial charge on any atom is -0.478 e. The number of aromatic carboxylic acids is 1. The molecular formula is C13H17NO2. The molecule has 1 saturated carbocycles. The number of carbonyl (C=O) groups is 1. The summed E-state index contributed by atoms with van der Waals surface area (Å²) in [5, 5.41) is 12.3. The van der Waals surface area contributed by atoms with E-state index in [0.29, 0.717) is 11.6 Å². The predicted octanol–water partition coefficient (Wildman–Crippen LogP) is 2.90. The van der Waals surface area contributed by atoms with E-state index in [9.17, 15) is 4.79 Å². The van der Waals surface area contributed by atoms with Crippen LogP contribution in [0.1, 0.15) is 35.7 Å². The van der Waals surface area contributed by atoms with Crippen LogP contribution in [0.5, 0.6) is 0 Å². The van der Waals surface area contributed by atoms with Crippen LogP contribution in [-0.2, 0) is 0 Å². The number of rotatable bonds is 3. The lowest BCUT2D eigenvalue weighted by Crippen LogP contribution is -2.34. The van der Waals surface area contributed by atoms with Gasteiger partial charge in [0.25, 0.3) is 0 Å². The van der Waals surface area contributed by atoms with Crippen LogP contribution in [0, 0.1) is 12.8 Å². The third kappa shape index (κ3) is 2.18. The van der Waals surface area contributed by atoms with Gasteiger partial charge in [-0.15, -0.1) is 0 Å². The van der Waals surface area contributed by atoms with Gasteiger partial charge in [-0.25, -0.2) is 4.79 Å². The van der Waals surface area contributed by atoms with Crippen LogP contribution in [0.2, 0.25) is 0 Å². The number of carboxylic acids is 1. The number of carboxylic acid groups (broad SMARTS) is 1. The molecule has 0 saturated heterocycles. The van der Waals surface area contributed by atoms with Crippen molar-refractivity contribution in [2.45, 2.75) is 32.7 Å². The molecule has 86 valence electrons. The summed E-state index contributed by atoms with van der Waals surface area (Å²) >= 11 is 0. The Morgan fingerprint density at radius 1 is 1.44 bits per heavy atom. The second-order valence-electron chi connectivity index (χ2n) is 4.75. The molecule has 1 aliphatic rings. The van der Waals surface area contributed by atoms with Crippen molar-refractivity contribution in [3.63, 3.8) is 0 Å². The Labute approximate surface area is 95.5 Å². The SMILES string of the molecule is Cc1ccc(C(=O)O)cc1NC1CC(C)C1. The molecule has 0 amide bonds. The second kappa shape index (κ2) is 4.16. The van der Waals surface area contributed by atoms with Crippen LogP contribution in [-0.4, -0.2) is 17.1 Å². The molecule has 1 aliphatic carbocycles. The van der Waals surface area contributed by atoms with E-state index in [1.54, 1.807) is 12.1 Å². The van der Waals surface area contributed by atoms with Gasteiger partial charge in [0.05, 0.1) is 5.56 Å². The summed E-state index contributed by atoms with van der Waals surface area (Å²) < 4.78 is 0. The van der Waals surface area contributed by atoms with E-state index in [2.05, 4.69) is 12.2 Å². The van der Waals surface area contributed by atoms with Crippen LogP contribution in [0.15, 0.2) is 18.2 Å². The molecule has 3 heteroatoms. The summed E-state index contributed by atoms with van der Waals surface area (Å²) in [6.45, 7) is 4.23. The van der Waals surface area contributed by atoms with Crippen molar-refractivity contribution in [2.24, 2.45) is 5.92 Å². The summed E-state index contributed by atoms with van der Waals surface area (Å²) in [4.78, 5) is 10.9. The second-order valence-corrected chi connectivity index (χ2v) is 4.75. The van der Waals surface area contributed by atoms with Gasteiger partial charge in [-0.2, -0.15) is 0 Å². The molecule has 0 aromatic heterocycles. The molecule has 1 fully saturated rings. The molecule has 2 rings (SSSR count). The monoisotopic (exact) mass is 219 g/mol. The van der Waals surface area contributed by atoms with Crippen molar-refractivity contribution >= 4 is 11.7 Å². The molecule has 2 N–H and O–H groups in total. The highest BCUT2D eigenvalue weighted by molar-refractivity contribution is 5.89. The van der Waals surface area contributed by atoms with Crippen molar-refractivity contribution in [2.75, 3.05) is 5.32 Å². The zero-order chi connectivity index (χ0) is 11.7. The molecule has 0 radical (unpaired) electrons. The molecule has 0 aliphatic heterocycles. The van der Waals surface area contributed by atoms with Gasteiger partial charge < -0.3 is 10.4 Å². The molecule has 0 atom stereocenters. The van der Waals surface area contributed by atoms with E-state index >= 15 is 0 Å². The fourth-order valence-corrected chi connectivity index (χ4v) is 2.15. The number of anilines is 1. The highest BCUT2D eigenvalue weighted by Crippen LogP contribution is 2.30. The van der Waals surface area contributed by atoms with Crippen LogP contribution in [0.25, 0.3) is 0 Å². The maximum absolute atomic E-state index is 10.9. The molecule has 1 aromatic carbocycles. The first-order valence-corrected chi connectivity index (χ1v) is 5.66. The Morgan fingerprint density at radius 3 is 2.69 bits per heavy atom. The number of hydrogen-bond donors (Lipinski definition) is 2. The Bertz CT molecular complexity index is 408. The Balaban J connectivity index is 2.12. The first-order chi connectivity index (χ1) is 7.56. The van der Waals surface area contributed by atoms with Crippen molar-refractivity contribution in [1.82, 2.24) is 0 Å². The number of nitrogens with one attached hydrogen (secondary N) is 1. The van der Waals surface area contributed by atoms with Crippen LogP contribution < -0.4 is 5.32 Å². The molecular weight excluding hydrogens is 202 g/mol. The predicted molar refractivity (Wildman–Crippen MR) is 63.9 cm³/mol. The van der Waals surface area contributed by atoms with Gasteiger partial charge in [0, 0.05) is 11.7 Å². The van der Waals surface area contributed by atoms with Crippen molar-refractivity contribution in [3.05, 3.63) is 29.3 Å². The van der Waals surface area contributed by atoms with E-state index in [1.807, 2.05) is 13.0 Å². The summed E-state index contributed by atoms with van der Waals surface area (Å²) in [6.07, 6.45) is 2.35. The van der Waals surface area contributed by atoms with Gasteiger partial charge in [0.15, 0.2) is 0 Å². The summed E-state index contributed by atoms with van der Waals surface area (Å²) in [5.41, 5.74) is 2.40. The van der Waals surface area contributed by atoms with E-state index in [4.69, 9.17) is 5.11 Å². The zero-order valence-corrected chi connectivity index (χ0v) is 9.66. The third-order valence-electron chi connectivity index (χ3n) is 3.22. The first kappa shape index (κ1) is 11.0. The van der Waals surface area contributed by atoms with Gasteiger partial charge in [0.2, 0.25) is 0 Å². The maximum atomic E-state index is 10.9. The van der Waals surface area contributed by atoms with E-state index in [-0.39, 0.29) is 0 Å². The van der Waals surface area contributed by atoms with Crippen LogP contribution in [0.4, 0.5) is 5.69 Å². The minimum atomic E-state index is -0.870. The Hall–Kier alpha value is -1.51. The van der Waals surface area contributed by atoms with E-state index in [1.165, 1.54) is 12.8 Å². The fraction of sp³-hybridized carbons (Fsp3) is 0.462. The van der Waals surface area contributed by atoms with Gasteiger partial charge in [0.1, 0.15) is 0 Å². The average Bonchev–Trinajstić information content (AvgIpc) is 2.18. The van der Waals surface area contributed by atoms with Gasteiger partial charge in [-0.05, 0) is 43.4 Å². The molecule has 1 aromatic rings. The lowest BCUT2D eigenvalue weighted by atomic mass is 9.81. The van der Waals surface area contributed by atoms with Gasteiger partial charge in [-0.3, -0.25) is 0 Å². The largest absolute Gasteiger partial charge is 0.478 e. The highest BCUT2D eigenvalue weighted by atomic mass is 16.4. The lowest BCUT2D eigenvalue weighted by molar-refractivity contribution is 0.0697. The summed E-state index contributed by atoms with van der Waals surface area (Å²) in [7, 11) is 0. The Morgan fingerprint density at radius 2 is 2.12 bits per heavy atom. The standard InChI is InChI=1S/C13H17NO2/c1-8-5-11(6-8)14-12-7-10(13(15)16)4-3-9(12)2/h3-4,7-8,11,14H,5-6H2,1-2H3,(H,15,16). The van der Waals surface area contributed by atoms with Crippen LogP contribution >= 0.6 is 0 Å². The highest BCUT2D eigenvalue weighted by Gasteiger charge is 2.25. The van der Waals surface area contributed by atoms with Crippen molar-refractivity contribution < 1.29 is 9.90 Å². The normalized spacial score (nSPS) is 23.6. The topological polar surface area (TPSA) is 49.3 Å². The maximum Gasteiger partial charge on any atom is 0.335 e. The number of hydrogen-bond acceptors (Lipinski definition) is 2. The minimum absolute atomic E-state index is 0.348.